The monoisotopic (exact) mass is 341 g/mol. The highest BCUT2D eigenvalue weighted by Crippen LogP contribution is 2.15. The molecule has 0 rings (SSSR count). The Morgan fingerprint density at radius 3 is 2.21 bits per heavy atom. The lowest BCUT2D eigenvalue weighted by Gasteiger charge is -2.11. The Bertz CT molecular complexity index is 272. The Labute approximate surface area is 150 Å². The zero-order chi connectivity index (χ0) is 17.9. The van der Waals surface area contributed by atoms with Gasteiger partial charge in [-0.25, -0.2) is 0 Å². The molecule has 0 aliphatic rings. The smallest absolute Gasteiger partial charge is 0.220 e. The first-order valence-corrected chi connectivity index (χ1v) is 10.4. The van der Waals surface area contributed by atoms with Gasteiger partial charge in [0.15, 0.2) is 0 Å². The van der Waals surface area contributed by atoms with E-state index in [9.17, 15) is 4.79 Å². The standard InChI is InChI=1S/C20H43N3O/c1-3-4-5-6-7-8-9-13-19(2)18-20(24)23-17-11-10-15-22-16-12-14-21/h19,22H,3-18,21H2,1-2H3,(H,23,24). The summed E-state index contributed by atoms with van der Waals surface area (Å²) < 4.78 is 0. The summed E-state index contributed by atoms with van der Waals surface area (Å²) in [6, 6.07) is 0. The van der Waals surface area contributed by atoms with Gasteiger partial charge >= 0.3 is 0 Å². The van der Waals surface area contributed by atoms with Gasteiger partial charge in [-0.3, -0.25) is 4.79 Å². The summed E-state index contributed by atoms with van der Waals surface area (Å²) in [5.41, 5.74) is 5.44. The molecule has 1 amide bonds. The van der Waals surface area contributed by atoms with Crippen LogP contribution in [0.2, 0.25) is 0 Å². The van der Waals surface area contributed by atoms with Crippen LogP contribution in [-0.4, -0.2) is 32.1 Å². The van der Waals surface area contributed by atoms with Crippen LogP contribution in [0, 0.1) is 5.92 Å². The maximum atomic E-state index is 11.9. The van der Waals surface area contributed by atoms with Gasteiger partial charge in [-0.1, -0.05) is 65.2 Å². The lowest BCUT2D eigenvalue weighted by Crippen LogP contribution is -2.27. The molecule has 0 aliphatic carbocycles. The van der Waals surface area contributed by atoms with Gasteiger partial charge in [0.2, 0.25) is 5.91 Å². The highest BCUT2D eigenvalue weighted by atomic mass is 16.1. The van der Waals surface area contributed by atoms with Crippen molar-refractivity contribution in [1.29, 1.82) is 0 Å². The van der Waals surface area contributed by atoms with Crippen LogP contribution in [0.5, 0.6) is 0 Å². The summed E-state index contributed by atoms with van der Waals surface area (Å²) >= 11 is 0. The first-order valence-electron chi connectivity index (χ1n) is 10.4. The van der Waals surface area contributed by atoms with E-state index in [1.807, 2.05) is 0 Å². The molecular weight excluding hydrogens is 298 g/mol. The average molecular weight is 342 g/mol. The normalized spacial score (nSPS) is 12.3. The molecule has 0 fully saturated rings. The Morgan fingerprint density at radius 1 is 0.875 bits per heavy atom. The van der Waals surface area contributed by atoms with Crippen LogP contribution in [0.3, 0.4) is 0 Å². The van der Waals surface area contributed by atoms with Crippen LogP contribution >= 0.6 is 0 Å². The van der Waals surface area contributed by atoms with Gasteiger partial charge in [0, 0.05) is 13.0 Å². The van der Waals surface area contributed by atoms with Gasteiger partial charge in [0.1, 0.15) is 0 Å². The maximum Gasteiger partial charge on any atom is 0.220 e. The Kier molecular flexibility index (Phi) is 18.2. The predicted octanol–water partition coefficient (Wildman–Crippen LogP) is 3.99. The average Bonchev–Trinajstić information content (AvgIpc) is 2.56. The van der Waals surface area contributed by atoms with E-state index in [4.69, 9.17) is 5.73 Å². The Morgan fingerprint density at radius 2 is 1.50 bits per heavy atom. The van der Waals surface area contributed by atoms with Crippen LogP contribution < -0.4 is 16.4 Å². The second-order valence-corrected chi connectivity index (χ2v) is 7.17. The van der Waals surface area contributed by atoms with Crippen LogP contribution in [0.1, 0.15) is 90.9 Å². The van der Waals surface area contributed by atoms with Crippen molar-refractivity contribution >= 4 is 5.91 Å². The third-order valence-corrected chi connectivity index (χ3v) is 4.49. The third kappa shape index (κ3) is 17.7. The Hall–Kier alpha value is -0.610. The molecule has 0 heterocycles. The van der Waals surface area contributed by atoms with Crippen molar-refractivity contribution < 1.29 is 4.79 Å². The molecule has 0 saturated heterocycles. The topological polar surface area (TPSA) is 67.2 Å². The quantitative estimate of drug-likeness (QED) is 0.330. The fourth-order valence-electron chi connectivity index (χ4n) is 2.90. The number of carbonyl (C=O) groups excluding carboxylic acids is 1. The van der Waals surface area contributed by atoms with Gasteiger partial charge in [0.25, 0.3) is 0 Å². The first-order chi connectivity index (χ1) is 11.7. The van der Waals surface area contributed by atoms with E-state index in [1.54, 1.807) is 0 Å². The van der Waals surface area contributed by atoms with Crippen molar-refractivity contribution in [3.8, 4) is 0 Å². The fourth-order valence-corrected chi connectivity index (χ4v) is 2.90. The zero-order valence-electron chi connectivity index (χ0n) is 16.4. The summed E-state index contributed by atoms with van der Waals surface area (Å²) in [5, 5.41) is 6.41. The molecule has 4 heteroatoms. The summed E-state index contributed by atoms with van der Waals surface area (Å²) in [7, 11) is 0. The number of amides is 1. The van der Waals surface area contributed by atoms with Crippen LogP contribution in [0.15, 0.2) is 0 Å². The van der Waals surface area contributed by atoms with Crippen molar-refractivity contribution in [1.82, 2.24) is 10.6 Å². The SMILES string of the molecule is CCCCCCCCCC(C)CC(=O)NCCCCNCCCN. The summed E-state index contributed by atoms with van der Waals surface area (Å²) in [6.07, 6.45) is 14.5. The minimum atomic E-state index is 0.224. The number of rotatable bonds is 18. The van der Waals surface area contributed by atoms with Crippen LogP contribution in [0.25, 0.3) is 0 Å². The molecule has 0 aromatic carbocycles. The summed E-state index contributed by atoms with van der Waals surface area (Å²) in [6.45, 7) is 8.04. The minimum absolute atomic E-state index is 0.224. The third-order valence-electron chi connectivity index (χ3n) is 4.49. The van der Waals surface area contributed by atoms with Crippen LogP contribution in [-0.2, 0) is 4.79 Å². The zero-order valence-corrected chi connectivity index (χ0v) is 16.4. The van der Waals surface area contributed by atoms with E-state index in [1.165, 1.54) is 51.4 Å². The number of carbonyl (C=O) groups is 1. The van der Waals surface area contributed by atoms with Gasteiger partial charge < -0.3 is 16.4 Å². The molecule has 0 saturated carbocycles. The van der Waals surface area contributed by atoms with Crippen molar-refractivity contribution in [2.75, 3.05) is 26.2 Å². The molecule has 0 aromatic heterocycles. The highest BCUT2D eigenvalue weighted by Gasteiger charge is 2.08. The molecule has 0 spiro atoms. The molecule has 4 nitrogen and oxygen atoms in total. The lowest BCUT2D eigenvalue weighted by atomic mass is 9.98. The molecular formula is C20H43N3O. The van der Waals surface area contributed by atoms with E-state index >= 15 is 0 Å². The molecule has 1 unspecified atom stereocenters. The van der Waals surface area contributed by atoms with Crippen molar-refractivity contribution in [2.45, 2.75) is 90.9 Å². The van der Waals surface area contributed by atoms with E-state index in [0.29, 0.717) is 12.3 Å². The molecule has 144 valence electrons. The molecule has 1 atom stereocenters. The first kappa shape index (κ1) is 23.4. The highest BCUT2D eigenvalue weighted by molar-refractivity contribution is 5.76. The van der Waals surface area contributed by atoms with E-state index in [2.05, 4.69) is 24.5 Å². The minimum Gasteiger partial charge on any atom is -0.356 e. The van der Waals surface area contributed by atoms with E-state index < -0.39 is 0 Å². The van der Waals surface area contributed by atoms with Gasteiger partial charge in [0.05, 0.1) is 0 Å². The fraction of sp³-hybridized carbons (Fsp3) is 0.950. The molecule has 0 bridgehead atoms. The molecule has 4 N–H and O–H groups in total. The second-order valence-electron chi connectivity index (χ2n) is 7.17. The van der Waals surface area contributed by atoms with E-state index in [-0.39, 0.29) is 5.91 Å². The van der Waals surface area contributed by atoms with Crippen molar-refractivity contribution in [3.63, 3.8) is 0 Å². The number of nitrogens with one attached hydrogen (secondary N) is 2. The number of unbranched alkanes of at least 4 members (excludes halogenated alkanes) is 7. The number of hydrogen-bond donors (Lipinski definition) is 3. The summed E-state index contributed by atoms with van der Waals surface area (Å²) in [4.78, 5) is 11.9. The predicted molar refractivity (Wildman–Crippen MR) is 105 cm³/mol. The lowest BCUT2D eigenvalue weighted by molar-refractivity contribution is -0.121. The number of nitrogens with two attached hydrogens (primary N) is 1. The van der Waals surface area contributed by atoms with Crippen LogP contribution in [0.4, 0.5) is 0 Å². The molecule has 0 aliphatic heterocycles. The van der Waals surface area contributed by atoms with Gasteiger partial charge in [-0.2, -0.15) is 0 Å². The molecule has 0 aromatic rings. The number of hydrogen-bond acceptors (Lipinski definition) is 3. The van der Waals surface area contributed by atoms with Crippen molar-refractivity contribution in [2.24, 2.45) is 11.7 Å². The van der Waals surface area contributed by atoms with Crippen molar-refractivity contribution in [3.05, 3.63) is 0 Å². The summed E-state index contributed by atoms with van der Waals surface area (Å²) in [5.74, 6) is 0.736. The van der Waals surface area contributed by atoms with Gasteiger partial charge in [-0.15, -0.1) is 0 Å². The largest absolute Gasteiger partial charge is 0.356 e. The van der Waals surface area contributed by atoms with Gasteiger partial charge in [-0.05, 0) is 44.8 Å². The van der Waals surface area contributed by atoms with E-state index in [0.717, 1.165) is 45.4 Å². The maximum absolute atomic E-state index is 11.9. The second kappa shape index (κ2) is 18.7. The molecule has 0 radical (unpaired) electrons. The molecule has 24 heavy (non-hydrogen) atoms. The Balaban J connectivity index is 3.33.